The molecule has 0 aliphatic rings. The van der Waals surface area contributed by atoms with Crippen molar-refractivity contribution in [3.63, 3.8) is 0 Å². The first-order valence-corrected chi connectivity index (χ1v) is 3.98. The lowest BCUT2D eigenvalue weighted by molar-refractivity contribution is 1.50. The molecule has 0 amide bonds. The van der Waals surface area contributed by atoms with Crippen LogP contribution in [0.2, 0.25) is 4.47 Å². The van der Waals surface area contributed by atoms with Crippen molar-refractivity contribution in [3.05, 3.63) is 28.7 Å². The predicted octanol–water partition coefficient (Wildman–Crippen LogP) is 2.75. The third kappa shape index (κ3) is 0.895. The van der Waals surface area contributed by atoms with Crippen molar-refractivity contribution >= 4 is 33.2 Å². The second-order valence-electron chi connectivity index (χ2n) is 1.86. The Morgan fingerprint density at radius 2 is 2.50 bits per heavy atom. The summed E-state index contributed by atoms with van der Waals surface area (Å²) in [6, 6.07) is 8.58. The third-order valence-electron chi connectivity index (χ3n) is 1.21. The number of fused-ring (bicyclic) bond motifs is 1. The molecule has 1 aromatic heterocycles. The minimum atomic E-state index is 0.592. The fourth-order valence-corrected chi connectivity index (χ4v) is 1.80. The number of thiazole rings is 1. The smallest absolute Gasteiger partial charge is 0.184 e. The van der Waals surface area contributed by atoms with Crippen LogP contribution in [0.4, 0.5) is 0 Å². The number of hydrogen-bond donors (Lipinski definition) is 0. The lowest BCUT2D eigenvalue weighted by atomic mass is 10.3. The van der Waals surface area contributed by atoms with Gasteiger partial charge in [-0.3, -0.25) is 0 Å². The topological polar surface area (TPSA) is 12.9 Å². The van der Waals surface area contributed by atoms with Crippen LogP contribution < -0.4 is 0 Å². The minimum absolute atomic E-state index is 0.592. The Morgan fingerprint density at radius 3 is 3.30 bits per heavy atom. The minimum Gasteiger partial charge on any atom is -0.225 e. The van der Waals surface area contributed by atoms with Gasteiger partial charge in [0, 0.05) is 0 Å². The van der Waals surface area contributed by atoms with Crippen molar-refractivity contribution in [2.24, 2.45) is 0 Å². The maximum absolute atomic E-state index is 5.68. The zero-order valence-corrected chi connectivity index (χ0v) is 6.54. The highest BCUT2D eigenvalue weighted by Crippen LogP contribution is 2.24. The van der Waals surface area contributed by atoms with E-state index < -0.39 is 0 Å². The van der Waals surface area contributed by atoms with Crippen LogP contribution >= 0.6 is 22.9 Å². The average molecular weight is 169 g/mol. The van der Waals surface area contributed by atoms with Crippen LogP contribution in [0.5, 0.6) is 0 Å². The van der Waals surface area contributed by atoms with Crippen LogP contribution in [0.1, 0.15) is 0 Å². The highest BCUT2D eigenvalue weighted by Gasteiger charge is 1.97. The first-order chi connectivity index (χ1) is 4.86. The van der Waals surface area contributed by atoms with Gasteiger partial charge in [0.1, 0.15) is 0 Å². The molecule has 3 heteroatoms. The summed E-state index contributed by atoms with van der Waals surface area (Å²) in [4.78, 5) is 4.08. The first-order valence-electron chi connectivity index (χ1n) is 2.78. The van der Waals surface area contributed by atoms with Crippen molar-refractivity contribution in [2.45, 2.75) is 0 Å². The molecule has 0 spiro atoms. The van der Waals surface area contributed by atoms with Crippen LogP contribution in [0, 0.1) is 6.07 Å². The SMILES string of the molecule is Clc1nc2cc[c]cc2s1. The summed E-state index contributed by atoms with van der Waals surface area (Å²) in [6.07, 6.45) is 0. The van der Waals surface area contributed by atoms with Gasteiger partial charge in [-0.25, -0.2) is 4.98 Å². The molecule has 1 nitrogen and oxygen atoms in total. The molecule has 1 heterocycles. The Balaban J connectivity index is 2.88. The van der Waals surface area contributed by atoms with E-state index in [9.17, 15) is 0 Å². The zero-order valence-electron chi connectivity index (χ0n) is 4.97. The number of benzene rings is 1. The first kappa shape index (κ1) is 6.13. The van der Waals surface area contributed by atoms with Gasteiger partial charge in [0.25, 0.3) is 0 Å². The molecule has 0 saturated heterocycles. The standard InChI is InChI=1S/C7H3ClNS/c8-7-9-5-3-1-2-4-6(5)10-7/h1,3-4H. The molecule has 0 saturated carbocycles. The Hall–Kier alpha value is -0.600. The molecule has 1 aromatic carbocycles. The lowest BCUT2D eigenvalue weighted by Crippen LogP contribution is -1.63. The van der Waals surface area contributed by atoms with Gasteiger partial charge in [0.2, 0.25) is 0 Å². The van der Waals surface area contributed by atoms with E-state index in [1.54, 1.807) is 0 Å². The third-order valence-corrected chi connectivity index (χ3v) is 2.33. The maximum Gasteiger partial charge on any atom is 0.184 e. The van der Waals surface area contributed by atoms with Crippen molar-refractivity contribution in [1.82, 2.24) is 4.98 Å². The molecule has 49 valence electrons. The van der Waals surface area contributed by atoms with Crippen molar-refractivity contribution in [2.75, 3.05) is 0 Å². The molecule has 0 bridgehead atoms. The summed E-state index contributed by atoms with van der Waals surface area (Å²) >= 11 is 7.15. The Morgan fingerprint density at radius 1 is 1.60 bits per heavy atom. The molecule has 0 atom stereocenters. The average Bonchev–Trinajstić information content (AvgIpc) is 2.27. The number of hydrogen-bond acceptors (Lipinski definition) is 2. The van der Waals surface area contributed by atoms with Gasteiger partial charge >= 0.3 is 0 Å². The number of halogens is 1. The van der Waals surface area contributed by atoms with Gasteiger partial charge in [0.05, 0.1) is 10.2 Å². The van der Waals surface area contributed by atoms with E-state index in [2.05, 4.69) is 11.1 Å². The molecule has 0 aliphatic heterocycles. The molecule has 10 heavy (non-hydrogen) atoms. The molecule has 2 rings (SSSR count). The van der Waals surface area contributed by atoms with Gasteiger partial charge in [-0.15, -0.1) is 11.3 Å². The molecular formula is C7H3ClNS. The Kier molecular flexibility index (Phi) is 1.36. The molecule has 1 radical (unpaired) electrons. The van der Waals surface area contributed by atoms with Gasteiger partial charge < -0.3 is 0 Å². The van der Waals surface area contributed by atoms with Gasteiger partial charge in [-0.2, -0.15) is 0 Å². The summed E-state index contributed by atoms with van der Waals surface area (Å²) in [5, 5.41) is 0. The largest absolute Gasteiger partial charge is 0.225 e. The van der Waals surface area contributed by atoms with E-state index >= 15 is 0 Å². The zero-order chi connectivity index (χ0) is 6.97. The summed E-state index contributed by atoms with van der Waals surface area (Å²) in [5.74, 6) is 0. The molecular weight excluding hydrogens is 166 g/mol. The van der Waals surface area contributed by atoms with Gasteiger partial charge in [0.15, 0.2) is 4.47 Å². The lowest BCUT2D eigenvalue weighted by Gasteiger charge is -1.79. The van der Waals surface area contributed by atoms with Crippen LogP contribution in [-0.2, 0) is 0 Å². The van der Waals surface area contributed by atoms with Crippen molar-refractivity contribution in [3.8, 4) is 0 Å². The van der Waals surface area contributed by atoms with E-state index in [1.165, 1.54) is 11.3 Å². The molecule has 0 N–H and O–H groups in total. The maximum atomic E-state index is 5.68. The van der Waals surface area contributed by atoms with E-state index in [0.717, 1.165) is 10.2 Å². The number of aromatic nitrogens is 1. The normalized spacial score (nSPS) is 10.5. The van der Waals surface area contributed by atoms with E-state index in [0.29, 0.717) is 4.47 Å². The Labute approximate surface area is 67.3 Å². The van der Waals surface area contributed by atoms with Crippen molar-refractivity contribution < 1.29 is 0 Å². The second kappa shape index (κ2) is 2.22. The van der Waals surface area contributed by atoms with Gasteiger partial charge in [-0.05, 0) is 18.2 Å². The van der Waals surface area contributed by atoms with E-state index in [-0.39, 0.29) is 0 Å². The van der Waals surface area contributed by atoms with Crippen LogP contribution in [0.25, 0.3) is 10.2 Å². The highest BCUT2D eigenvalue weighted by molar-refractivity contribution is 7.22. The summed E-state index contributed by atoms with van der Waals surface area (Å²) < 4.78 is 1.68. The molecule has 0 aliphatic carbocycles. The number of nitrogens with zero attached hydrogens (tertiary/aromatic N) is 1. The second-order valence-corrected chi connectivity index (χ2v) is 3.47. The Bertz CT molecular complexity index is 322. The molecule has 0 unspecified atom stereocenters. The van der Waals surface area contributed by atoms with Crippen LogP contribution in [0.15, 0.2) is 18.2 Å². The van der Waals surface area contributed by atoms with Crippen molar-refractivity contribution in [1.29, 1.82) is 0 Å². The fraction of sp³-hybridized carbons (Fsp3) is 0. The van der Waals surface area contributed by atoms with E-state index in [1.807, 2.05) is 18.2 Å². The summed E-state index contributed by atoms with van der Waals surface area (Å²) in [7, 11) is 0. The number of rotatable bonds is 0. The fourth-order valence-electron chi connectivity index (χ4n) is 0.789. The highest BCUT2D eigenvalue weighted by atomic mass is 35.5. The van der Waals surface area contributed by atoms with Crippen LogP contribution in [-0.4, -0.2) is 4.98 Å². The summed E-state index contributed by atoms with van der Waals surface area (Å²) in [6.45, 7) is 0. The van der Waals surface area contributed by atoms with Gasteiger partial charge in [-0.1, -0.05) is 17.7 Å². The monoisotopic (exact) mass is 168 g/mol. The molecule has 0 fully saturated rings. The predicted molar refractivity (Wildman–Crippen MR) is 43.5 cm³/mol. The summed E-state index contributed by atoms with van der Waals surface area (Å²) in [5.41, 5.74) is 0.953. The quantitative estimate of drug-likeness (QED) is 0.590. The van der Waals surface area contributed by atoms with Crippen LogP contribution in [0.3, 0.4) is 0 Å². The molecule has 2 aromatic rings. The van der Waals surface area contributed by atoms with E-state index in [4.69, 9.17) is 11.6 Å².